The monoisotopic (exact) mass is 430 g/mol. The lowest BCUT2D eigenvalue weighted by molar-refractivity contribution is 0.0798. The molecule has 0 aliphatic heterocycles. The number of amides is 2. The SMILES string of the molecule is CC.CC.Cc1c(O)c(C)c(C(=O)NCC(O)CO)c(C)c1C(=O)NCC(O)CO. The minimum atomic E-state index is -1.12. The van der Waals surface area contributed by atoms with Crippen molar-refractivity contribution in [1.29, 1.82) is 0 Å². The molecule has 0 fully saturated rings. The molecule has 1 rings (SSSR count). The molecule has 2 atom stereocenters. The fourth-order valence-corrected chi connectivity index (χ4v) is 2.61. The maximum Gasteiger partial charge on any atom is 0.252 e. The van der Waals surface area contributed by atoms with Gasteiger partial charge in [-0.05, 0) is 26.3 Å². The van der Waals surface area contributed by atoms with E-state index in [1.807, 2.05) is 27.7 Å². The van der Waals surface area contributed by atoms with E-state index in [2.05, 4.69) is 10.6 Å². The zero-order chi connectivity index (χ0) is 24.0. The lowest BCUT2D eigenvalue weighted by atomic mass is 9.91. The second kappa shape index (κ2) is 15.6. The van der Waals surface area contributed by atoms with Gasteiger partial charge in [0.25, 0.3) is 11.8 Å². The Labute approximate surface area is 178 Å². The van der Waals surface area contributed by atoms with Gasteiger partial charge in [0, 0.05) is 35.3 Å². The Morgan fingerprint density at radius 2 is 1.03 bits per heavy atom. The number of hydrogen-bond donors (Lipinski definition) is 7. The molecule has 9 nitrogen and oxygen atoms in total. The normalized spacial score (nSPS) is 11.8. The lowest BCUT2D eigenvalue weighted by Crippen LogP contribution is -2.36. The summed E-state index contributed by atoms with van der Waals surface area (Å²) in [6.45, 7) is 11.2. The van der Waals surface area contributed by atoms with E-state index >= 15 is 0 Å². The summed E-state index contributed by atoms with van der Waals surface area (Å²) in [7, 11) is 0. The van der Waals surface area contributed by atoms with E-state index in [0.29, 0.717) is 5.56 Å². The highest BCUT2D eigenvalue weighted by Crippen LogP contribution is 2.32. The number of carbonyl (C=O) groups excluding carboxylic acids is 2. The number of phenolic OH excluding ortho intramolecular Hbond substituents is 1. The molecule has 0 heterocycles. The molecule has 0 spiro atoms. The van der Waals surface area contributed by atoms with Crippen LogP contribution < -0.4 is 10.6 Å². The largest absolute Gasteiger partial charge is 0.507 e. The van der Waals surface area contributed by atoms with E-state index in [0.717, 1.165) is 0 Å². The summed E-state index contributed by atoms with van der Waals surface area (Å²) in [6.07, 6.45) is -2.25. The van der Waals surface area contributed by atoms with Gasteiger partial charge in [0.2, 0.25) is 0 Å². The molecule has 0 aromatic heterocycles. The van der Waals surface area contributed by atoms with Crippen molar-refractivity contribution >= 4 is 11.8 Å². The van der Waals surface area contributed by atoms with Gasteiger partial charge in [-0.3, -0.25) is 9.59 Å². The summed E-state index contributed by atoms with van der Waals surface area (Å²) in [4.78, 5) is 24.9. The molecule has 7 N–H and O–H groups in total. The molecule has 2 amide bonds. The van der Waals surface area contributed by atoms with E-state index in [1.54, 1.807) is 6.92 Å². The Morgan fingerprint density at radius 3 is 1.30 bits per heavy atom. The van der Waals surface area contributed by atoms with Crippen LogP contribution in [0.4, 0.5) is 0 Å². The standard InChI is InChI=1S/C17H26N2O7.2C2H6/c1-8-13(16(25)18-4-11(22)6-20)9(2)15(24)10(3)14(8)17(26)19-5-12(23)7-21;2*1-2/h11-12,20-24H,4-7H2,1-3H3,(H,18,25)(H,19,26);2*1-2H3. The van der Waals surface area contributed by atoms with Crippen LogP contribution in [0.1, 0.15) is 65.1 Å². The fraction of sp³-hybridized carbons (Fsp3) is 0.619. The number of aromatic hydroxyl groups is 1. The fourth-order valence-electron chi connectivity index (χ4n) is 2.61. The molecule has 0 bridgehead atoms. The van der Waals surface area contributed by atoms with Gasteiger partial charge in [0.05, 0.1) is 25.4 Å². The van der Waals surface area contributed by atoms with Gasteiger partial charge < -0.3 is 36.2 Å². The van der Waals surface area contributed by atoms with E-state index in [1.165, 1.54) is 13.8 Å². The smallest absolute Gasteiger partial charge is 0.252 e. The predicted octanol–water partition coefficient (Wildman–Crippen LogP) is 0.536. The van der Waals surface area contributed by atoms with Crippen molar-refractivity contribution in [3.05, 3.63) is 27.8 Å². The molecule has 174 valence electrons. The summed E-state index contributed by atoms with van der Waals surface area (Å²) in [5.41, 5.74) is 1.06. The number of phenols is 1. The third-order valence-electron chi connectivity index (χ3n) is 4.08. The molecule has 30 heavy (non-hydrogen) atoms. The third-order valence-corrected chi connectivity index (χ3v) is 4.08. The molecular formula is C21H38N2O7. The Hall–Kier alpha value is -2.20. The quantitative estimate of drug-likeness (QED) is 0.317. The predicted molar refractivity (Wildman–Crippen MR) is 116 cm³/mol. The Kier molecular flexibility index (Phi) is 15.6. The number of nitrogens with one attached hydrogen (secondary N) is 2. The van der Waals surface area contributed by atoms with E-state index < -0.39 is 37.2 Å². The lowest BCUT2D eigenvalue weighted by Gasteiger charge is -2.19. The molecule has 2 unspecified atom stereocenters. The van der Waals surface area contributed by atoms with E-state index in [4.69, 9.17) is 10.2 Å². The summed E-state index contributed by atoms with van der Waals surface area (Å²) in [6, 6.07) is 0. The van der Waals surface area contributed by atoms with Gasteiger partial charge >= 0.3 is 0 Å². The molecule has 9 heteroatoms. The topological polar surface area (TPSA) is 159 Å². The highest BCUT2D eigenvalue weighted by Gasteiger charge is 2.25. The molecule has 0 aliphatic rings. The number of hydrogen-bond acceptors (Lipinski definition) is 7. The first-order valence-electron chi connectivity index (χ1n) is 10.1. The summed E-state index contributed by atoms with van der Waals surface area (Å²) < 4.78 is 0. The average Bonchev–Trinajstić information content (AvgIpc) is 2.77. The second-order valence-corrected chi connectivity index (χ2v) is 6.07. The summed E-state index contributed by atoms with van der Waals surface area (Å²) >= 11 is 0. The van der Waals surface area contributed by atoms with Crippen LogP contribution in [0.5, 0.6) is 5.75 Å². The third kappa shape index (κ3) is 8.27. The van der Waals surface area contributed by atoms with Crippen LogP contribution in [0, 0.1) is 20.8 Å². The number of aliphatic hydroxyl groups is 4. The van der Waals surface area contributed by atoms with Gasteiger partial charge in [-0.15, -0.1) is 0 Å². The van der Waals surface area contributed by atoms with Gasteiger partial charge in [-0.2, -0.15) is 0 Å². The van der Waals surface area contributed by atoms with Crippen molar-refractivity contribution < 1.29 is 35.1 Å². The number of carbonyl (C=O) groups is 2. The van der Waals surface area contributed by atoms with Gasteiger partial charge in [0.15, 0.2) is 0 Å². The van der Waals surface area contributed by atoms with Crippen molar-refractivity contribution in [2.45, 2.75) is 60.7 Å². The number of rotatable bonds is 8. The zero-order valence-corrected chi connectivity index (χ0v) is 19.0. The molecule has 0 aliphatic carbocycles. The molecule has 1 aromatic rings. The van der Waals surface area contributed by atoms with Crippen molar-refractivity contribution in [3.63, 3.8) is 0 Å². The first-order chi connectivity index (χ1) is 14.1. The Morgan fingerprint density at radius 1 is 0.733 bits per heavy atom. The maximum atomic E-state index is 12.4. The van der Waals surface area contributed by atoms with Crippen LogP contribution >= 0.6 is 0 Å². The summed E-state index contributed by atoms with van der Waals surface area (Å²) in [5.74, 6) is -1.42. The van der Waals surface area contributed by atoms with Crippen molar-refractivity contribution in [3.8, 4) is 5.75 Å². The first-order valence-corrected chi connectivity index (χ1v) is 10.1. The van der Waals surface area contributed by atoms with Crippen molar-refractivity contribution in [1.82, 2.24) is 10.6 Å². The van der Waals surface area contributed by atoms with Crippen LogP contribution in [0.3, 0.4) is 0 Å². The van der Waals surface area contributed by atoms with Gasteiger partial charge in [0.1, 0.15) is 5.75 Å². The maximum absolute atomic E-state index is 12.4. The Balaban J connectivity index is 0. The van der Waals surface area contributed by atoms with Crippen molar-refractivity contribution in [2.75, 3.05) is 26.3 Å². The highest BCUT2D eigenvalue weighted by molar-refractivity contribution is 6.05. The minimum absolute atomic E-state index is 0.0890. The van der Waals surface area contributed by atoms with Crippen LogP contribution in [0.2, 0.25) is 0 Å². The number of aliphatic hydroxyl groups excluding tert-OH is 4. The molecule has 0 radical (unpaired) electrons. The second-order valence-electron chi connectivity index (χ2n) is 6.07. The first kappa shape index (κ1) is 30.0. The van der Waals surface area contributed by atoms with Crippen LogP contribution in [-0.2, 0) is 0 Å². The van der Waals surface area contributed by atoms with Gasteiger partial charge in [-0.1, -0.05) is 27.7 Å². The van der Waals surface area contributed by atoms with E-state index in [9.17, 15) is 24.9 Å². The molecule has 0 saturated carbocycles. The van der Waals surface area contributed by atoms with Crippen molar-refractivity contribution in [2.24, 2.45) is 0 Å². The number of benzene rings is 1. The van der Waals surface area contributed by atoms with Crippen LogP contribution in [-0.4, -0.2) is 75.9 Å². The summed E-state index contributed by atoms with van der Waals surface area (Å²) in [5, 5.41) is 51.5. The van der Waals surface area contributed by atoms with Crippen LogP contribution in [0.25, 0.3) is 0 Å². The van der Waals surface area contributed by atoms with Crippen LogP contribution in [0.15, 0.2) is 0 Å². The average molecular weight is 431 g/mol. The zero-order valence-electron chi connectivity index (χ0n) is 19.0. The molecule has 1 aromatic carbocycles. The highest BCUT2D eigenvalue weighted by atomic mass is 16.3. The minimum Gasteiger partial charge on any atom is -0.507 e. The molecule has 0 saturated heterocycles. The molecular weight excluding hydrogens is 392 g/mol. The van der Waals surface area contributed by atoms with Gasteiger partial charge in [-0.25, -0.2) is 0 Å². The van der Waals surface area contributed by atoms with E-state index in [-0.39, 0.29) is 41.1 Å². The Bertz CT molecular complexity index is 625.